The number of nitrogens with two attached hydrogens (primary N) is 1. The predicted octanol–water partition coefficient (Wildman–Crippen LogP) is 8.69. The zero-order valence-corrected chi connectivity index (χ0v) is 24.8. The van der Waals surface area contributed by atoms with Crippen molar-refractivity contribution in [1.29, 1.82) is 0 Å². The molecule has 40 heavy (non-hydrogen) atoms. The fraction of sp³-hybridized carbons (Fsp3) is 0.424. The van der Waals surface area contributed by atoms with Crippen molar-refractivity contribution in [2.75, 3.05) is 11.1 Å². The van der Waals surface area contributed by atoms with Gasteiger partial charge in [0, 0.05) is 29.7 Å². The third-order valence-electron chi connectivity index (χ3n) is 8.24. The van der Waals surface area contributed by atoms with Crippen LogP contribution in [-0.2, 0) is 11.2 Å². The molecule has 0 bridgehead atoms. The fourth-order valence-electron chi connectivity index (χ4n) is 6.05. The van der Waals surface area contributed by atoms with Crippen LogP contribution < -0.4 is 11.1 Å². The van der Waals surface area contributed by atoms with Crippen LogP contribution in [0, 0.1) is 11.8 Å². The zero-order chi connectivity index (χ0) is 27.7. The van der Waals surface area contributed by atoms with Gasteiger partial charge in [0.05, 0.1) is 22.4 Å². The van der Waals surface area contributed by atoms with Crippen molar-refractivity contribution in [3.8, 4) is 11.1 Å². The maximum Gasteiger partial charge on any atom is 0.224 e. The average Bonchev–Trinajstić information content (AvgIpc) is 3.38. The van der Waals surface area contributed by atoms with E-state index in [1.807, 2.05) is 36.7 Å². The molecule has 210 valence electrons. The van der Waals surface area contributed by atoms with Crippen LogP contribution in [0.1, 0.15) is 76.5 Å². The Kier molecular flexibility index (Phi) is 9.87. The van der Waals surface area contributed by atoms with Crippen molar-refractivity contribution in [3.05, 3.63) is 71.2 Å². The first-order chi connectivity index (χ1) is 19.5. The molecule has 6 rings (SSSR count). The van der Waals surface area contributed by atoms with Crippen LogP contribution in [0.5, 0.6) is 0 Å². The SMILES string of the molecule is Nc1cc(Br)ccc1NC(=O)CC1CCCCC1.c1cc(-c2ccc3nc(CC4CCCCC4)[nH]c3c2)ccn1. The van der Waals surface area contributed by atoms with E-state index >= 15 is 0 Å². The Morgan fingerprint density at radius 2 is 1.57 bits per heavy atom. The number of hydrogen-bond donors (Lipinski definition) is 3. The van der Waals surface area contributed by atoms with Crippen molar-refractivity contribution >= 4 is 44.2 Å². The number of anilines is 2. The van der Waals surface area contributed by atoms with Gasteiger partial charge >= 0.3 is 0 Å². The smallest absolute Gasteiger partial charge is 0.224 e. The van der Waals surface area contributed by atoms with Crippen LogP contribution in [-0.4, -0.2) is 20.9 Å². The van der Waals surface area contributed by atoms with Crippen molar-refractivity contribution < 1.29 is 4.79 Å². The standard InChI is InChI=1S/C19H21N3.C14H19BrN2O/c1-2-4-14(5-3-1)12-19-21-17-7-6-16(13-18(17)22-19)15-8-10-20-11-9-15;15-11-6-7-13(12(16)9-11)17-14(18)8-10-4-2-1-3-5-10/h6-11,13-14H,1-5,12H2,(H,21,22);6-7,9-10H,1-5,8,16H2,(H,17,18). The third kappa shape index (κ3) is 7.94. The Hall–Kier alpha value is -3.19. The van der Waals surface area contributed by atoms with E-state index in [0.717, 1.165) is 33.7 Å². The molecule has 6 nitrogen and oxygen atoms in total. The number of carbonyl (C=O) groups is 1. The highest BCUT2D eigenvalue weighted by Crippen LogP contribution is 2.29. The molecule has 0 spiro atoms. The molecule has 0 atom stereocenters. The number of imidazole rings is 1. The second-order valence-electron chi connectivity index (χ2n) is 11.3. The first-order valence-corrected chi connectivity index (χ1v) is 15.6. The lowest BCUT2D eigenvalue weighted by Crippen LogP contribution is -2.18. The highest BCUT2D eigenvalue weighted by molar-refractivity contribution is 9.10. The van der Waals surface area contributed by atoms with Crippen LogP contribution >= 0.6 is 15.9 Å². The minimum atomic E-state index is 0.0796. The molecule has 2 aromatic heterocycles. The summed E-state index contributed by atoms with van der Waals surface area (Å²) < 4.78 is 0.922. The molecule has 2 heterocycles. The number of nitrogens with zero attached hydrogens (tertiary/aromatic N) is 2. The summed E-state index contributed by atoms with van der Waals surface area (Å²) in [4.78, 5) is 24.3. The number of carbonyl (C=O) groups excluding carboxylic acids is 1. The van der Waals surface area contributed by atoms with E-state index in [9.17, 15) is 4.79 Å². The molecule has 2 aromatic carbocycles. The van der Waals surface area contributed by atoms with Gasteiger partial charge in [-0.2, -0.15) is 0 Å². The maximum absolute atomic E-state index is 11.9. The molecular weight excluding hydrogens is 562 g/mol. The predicted molar refractivity (Wildman–Crippen MR) is 168 cm³/mol. The number of aromatic nitrogens is 3. The van der Waals surface area contributed by atoms with Crippen molar-refractivity contribution in [3.63, 3.8) is 0 Å². The molecule has 4 aromatic rings. The number of aromatic amines is 1. The molecule has 0 unspecified atom stereocenters. The molecule has 0 radical (unpaired) electrons. The summed E-state index contributed by atoms with van der Waals surface area (Å²) in [5.74, 6) is 2.59. The average molecular weight is 603 g/mol. The highest BCUT2D eigenvalue weighted by atomic mass is 79.9. The summed E-state index contributed by atoms with van der Waals surface area (Å²) in [6.45, 7) is 0. The number of fused-ring (bicyclic) bond motifs is 1. The lowest BCUT2D eigenvalue weighted by atomic mass is 9.87. The van der Waals surface area contributed by atoms with Crippen molar-refractivity contribution in [2.45, 2.75) is 77.0 Å². The number of amides is 1. The Morgan fingerprint density at radius 1 is 0.875 bits per heavy atom. The van der Waals surface area contributed by atoms with E-state index < -0.39 is 0 Å². The Bertz CT molecular complexity index is 1390. The van der Waals surface area contributed by atoms with E-state index in [1.54, 1.807) is 6.07 Å². The van der Waals surface area contributed by atoms with Gasteiger partial charge in [-0.3, -0.25) is 9.78 Å². The van der Waals surface area contributed by atoms with Gasteiger partial charge in [-0.1, -0.05) is 73.4 Å². The number of nitrogen functional groups attached to an aromatic ring is 1. The van der Waals surface area contributed by atoms with Crippen LogP contribution in [0.4, 0.5) is 11.4 Å². The molecule has 7 heteroatoms. The monoisotopic (exact) mass is 601 g/mol. The number of pyridine rings is 1. The van der Waals surface area contributed by atoms with Gasteiger partial charge in [-0.05, 0) is 78.3 Å². The number of H-pyrrole nitrogens is 1. The normalized spacial score (nSPS) is 16.3. The molecular formula is C33H40BrN5O. The lowest BCUT2D eigenvalue weighted by Gasteiger charge is -2.21. The van der Waals surface area contributed by atoms with Gasteiger partial charge in [-0.25, -0.2) is 4.98 Å². The highest BCUT2D eigenvalue weighted by Gasteiger charge is 2.18. The van der Waals surface area contributed by atoms with Gasteiger partial charge in [-0.15, -0.1) is 0 Å². The summed E-state index contributed by atoms with van der Waals surface area (Å²) >= 11 is 3.35. The zero-order valence-electron chi connectivity index (χ0n) is 23.2. The molecule has 4 N–H and O–H groups in total. The maximum atomic E-state index is 11.9. The molecule has 2 fully saturated rings. The van der Waals surface area contributed by atoms with E-state index in [-0.39, 0.29) is 5.91 Å². The van der Waals surface area contributed by atoms with Gasteiger partial charge in [0.2, 0.25) is 5.91 Å². The first-order valence-electron chi connectivity index (χ1n) is 14.8. The van der Waals surface area contributed by atoms with E-state index in [4.69, 9.17) is 10.7 Å². The van der Waals surface area contributed by atoms with E-state index in [2.05, 4.69) is 49.4 Å². The summed E-state index contributed by atoms with van der Waals surface area (Å²) in [6, 6.07) is 16.1. The minimum Gasteiger partial charge on any atom is -0.397 e. The summed E-state index contributed by atoms with van der Waals surface area (Å²) in [6.07, 6.45) is 18.5. The lowest BCUT2D eigenvalue weighted by molar-refractivity contribution is -0.117. The quantitative estimate of drug-likeness (QED) is 0.192. The number of halogens is 1. The second kappa shape index (κ2) is 13.9. The van der Waals surface area contributed by atoms with Crippen LogP contribution in [0.15, 0.2) is 65.4 Å². The molecule has 2 aliphatic carbocycles. The Labute approximate surface area is 245 Å². The Morgan fingerprint density at radius 3 is 2.27 bits per heavy atom. The van der Waals surface area contributed by atoms with Gasteiger partial charge in [0.15, 0.2) is 0 Å². The van der Waals surface area contributed by atoms with Crippen LogP contribution in [0.3, 0.4) is 0 Å². The van der Waals surface area contributed by atoms with Gasteiger partial charge in [0.1, 0.15) is 5.82 Å². The summed E-state index contributed by atoms with van der Waals surface area (Å²) in [5, 5.41) is 2.90. The molecule has 2 saturated carbocycles. The van der Waals surface area contributed by atoms with Crippen LogP contribution in [0.2, 0.25) is 0 Å². The van der Waals surface area contributed by atoms with Gasteiger partial charge in [0.25, 0.3) is 0 Å². The second-order valence-corrected chi connectivity index (χ2v) is 12.3. The third-order valence-corrected chi connectivity index (χ3v) is 8.73. The largest absolute Gasteiger partial charge is 0.397 e. The summed E-state index contributed by atoms with van der Waals surface area (Å²) in [7, 11) is 0. The number of hydrogen-bond acceptors (Lipinski definition) is 4. The summed E-state index contributed by atoms with van der Waals surface area (Å²) in [5.41, 5.74) is 11.8. The number of nitrogens with one attached hydrogen (secondary N) is 2. The van der Waals surface area contributed by atoms with E-state index in [0.29, 0.717) is 23.7 Å². The molecule has 2 aliphatic rings. The Balaban J connectivity index is 0.000000165. The van der Waals surface area contributed by atoms with E-state index in [1.165, 1.54) is 75.3 Å². The fourth-order valence-corrected chi connectivity index (χ4v) is 6.43. The van der Waals surface area contributed by atoms with Crippen molar-refractivity contribution in [2.24, 2.45) is 11.8 Å². The van der Waals surface area contributed by atoms with Crippen LogP contribution in [0.25, 0.3) is 22.2 Å². The first kappa shape index (κ1) is 28.3. The molecule has 1 amide bonds. The minimum absolute atomic E-state index is 0.0796. The number of rotatable bonds is 6. The number of benzene rings is 2. The van der Waals surface area contributed by atoms with Gasteiger partial charge < -0.3 is 16.0 Å². The molecule has 0 aliphatic heterocycles. The topological polar surface area (TPSA) is 96.7 Å². The van der Waals surface area contributed by atoms with Crippen molar-refractivity contribution in [1.82, 2.24) is 15.0 Å². The molecule has 0 saturated heterocycles.